The molecule has 0 heterocycles. The molecule has 0 rings (SSSR count). The second-order valence-corrected chi connectivity index (χ2v) is 4.77. The molecule has 0 saturated heterocycles. The number of carbonyl (C=O) groups is 1. The number of carbonyl (C=O) groups excluding carboxylic acids is 1. The van der Waals surface area contributed by atoms with E-state index < -0.39 is 7.82 Å². The summed E-state index contributed by atoms with van der Waals surface area (Å²) in [4.78, 5) is 10.9. The zero-order valence-electron chi connectivity index (χ0n) is 9.78. The molecule has 0 radical (unpaired) electrons. The molecular weight excluding hydrogens is 255 g/mol. The van der Waals surface area contributed by atoms with Crippen molar-refractivity contribution in [2.24, 2.45) is 0 Å². The van der Waals surface area contributed by atoms with E-state index in [-0.39, 0.29) is 29.8 Å². The van der Waals surface area contributed by atoms with Gasteiger partial charge in [0.15, 0.2) is 5.78 Å². The molecule has 0 aliphatic carbocycles. The van der Waals surface area contributed by atoms with Crippen LogP contribution in [0.3, 0.4) is 0 Å². The first-order valence-electron chi connectivity index (χ1n) is 4.82. The molecule has 0 fully saturated rings. The largest absolute Gasteiger partial charge is 0.529 e. The Morgan fingerprint density at radius 2 is 1.62 bits per heavy atom. The summed E-state index contributed by atoms with van der Waals surface area (Å²) in [6.07, 6.45) is 0. The second kappa shape index (κ2) is 7.07. The Bertz CT molecular complexity index is 316. The Kier molecular flexibility index (Phi) is 6.91. The molecule has 0 unspecified atom stereocenters. The third kappa shape index (κ3) is 5.12. The monoisotopic (exact) mass is 270 g/mol. The molecule has 0 aromatic heterocycles. The van der Waals surface area contributed by atoms with Crippen LogP contribution in [-0.4, -0.2) is 19.0 Å². The first-order chi connectivity index (χ1) is 7.36. The molecule has 0 N–H and O–H groups in total. The van der Waals surface area contributed by atoms with Crippen LogP contribution in [0.1, 0.15) is 27.7 Å². The van der Waals surface area contributed by atoms with Crippen LogP contribution in [0.15, 0.2) is 10.8 Å². The molecule has 0 atom stereocenters. The van der Waals surface area contributed by atoms with Gasteiger partial charge < -0.3 is 4.52 Å². The van der Waals surface area contributed by atoms with E-state index in [1.807, 2.05) is 0 Å². The van der Waals surface area contributed by atoms with Crippen molar-refractivity contribution in [3.05, 3.63) is 10.8 Å². The highest BCUT2D eigenvalue weighted by Gasteiger charge is 2.28. The fraction of sp³-hybridized carbons (Fsp3) is 0.667. The van der Waals surface area contributed by atoms with E-state index in [4.69, 9.17) is 25.2 Å². The average Bonchev–Trinajstić information content (AvgIpc) is 2.16. The highest BCUT2D eigenvalue weighted by molar-refractivity contribution is 7.48. The number of hydrogen-bond donors (Lipinski definition) is 0. The summed E-state index contributed by atoms with van der Waals surface area (Å²) in [5, 5.41) is -0.125. The van der Waals surface area contributed by atoms with Crippen molar-refractivity contribution in [1.82, 2.24) is 0 Å². The zero-order chi connectivity index (χ0) is 12.8. The Labute approximate surface area is 100 Å². The van der Waals surface area contributed by atoms with E-state index >= 15 is 0 Å². The second-order valence-electron chi connectivity index (χ2n) is 2.80. The summed E-state index contributed by atoms with van der Waals surface area (Å²) in [6.45, 7) is 6.35. The summed E-state index contributed by atoms with van der Waals surface area (Å²) in [5.74, 6) is -0.349. The van der Waals surface area contributed by atoms with Gasteiger partial charge in [0.1, 0.15) is 10.8 Å². The molecule has 16 heavy (non-hydrogen) atoms. The molecule has 7 heteroatoms. The van der Waals surface area contributed by atoms with Gasteiger partial charge in [0, 0.05) is 6.92 Å². The number of ketones is 1. The average molecular weight is 271 g/mol. The first kappa shape index (κ1) is 15.7. The fourth-order valence-corrected chi connectivity index (χ4v) is 2.19. The zero-order valence-corrected chi connectivity index (χ0v) is 11.4. The van der Waals surface area contributed by atoms with Crippen LogP contribution in [0, 0.1) is 0 Å². The van der Waals surface area contributed by atoms with E-state index in [2.05, 4.69) is 0 Å². The summed E-state index contributed by atoms with van der Waals surface area (Å²) in [6, 6.07) is 0. The highest BCUT2D eigenvalue weighted by Crippen LogP contribution is 2.51. The van der Waals surface area contributed by atoms with Crippen LogP contribution in [0.2, 0.25) is 0 Å². The van der Waals surface area contributed by atoms with Crippen LogP contribution < -0.4 is 0 Å². The summed E-state index contributed by atoms with van der Waals surface area (Å²) < 4.78 is 26.6. The van der Waals surface area contributed by atoms with Gasteiger partial charge in [-0.25, -0.2) is 4.57 Å². The lowest BCUT2D eigenvalue weighted by atomic mass is 10.4. The lowest BCUT2D eigenvalue weighted by molar-refractivity contribution is -0.113. The normalized spacial score (nSPS) is 13.3. The van der Waals surface area contributed by atoms with Gasteiger partial charge in [0.25, 0.3) is 0 Å². The summed E-state index contributed by atoms with van der Waals surface area (Å²) >= 11 is 5.65. The van der Waals surface area contributed by atoms with Gasteiger partial charge >= 0.3 is 7.82 Å². The number of phosphoric ester groups is 1. The number of phosphoric acid groups is 1. The van der Waals surface area contributed by atoms with E-state index in [0.29, 0.717) is 0 Å². The molecule has 0 bridgehead atoms. The quantitative estimate of drug-likeness (QED) is 0.404. The van der Waals surface area contributed by atoms with Gasteiger partial charge in [-0.1, -0.05) is 11.6 Å². The number of allylic oxidation sites excluding steroid dienone is 2. The number of hydrogen-bond acceptors (Lipinski definition) is 5. The molecule has 0 aliphatic heterocycles. The van der Waals surface area contributed by atoms with Crippen LogP contribution >= 0.6 is 19.4 Å². The van der Waals surface area contributed by atoms with Crippen molar-refractivity contribution in [3.8, 4) is 0 Å². The number of Topliss-reactive ketones (excluding diaryl/α,β-unsaturated/α-hetero) is 1. The molecule has 94 valence electrons. The number of rotatable bonds is 7. The molecule has 0 spiro atoms. The molecule has 0 amide bonds. The SMILES string of the molecule is CCOP(=O)(OCC)OC(C)=C(Cl)C(C)=O. The van der Waals surface area contributed by atoms with E-state index in [1.54, 1.807) is 13.8 Å². The van der Waals surface area contributed by atoms with Gasteiger partial charge in [-0.15, -0.1) is 0 Å². The fourth-order valence-electron chi connectivity index (χ4n) is 0.862. The lowest BCUT2D eigenvalue weighted by Crippen LogP contribution is -2.02. The van der Waals surface area contributed by atoms with Crippen molar-refractivity contribution < 1.29 is 22.9 Å². The third-order valence-corrected chi connectivity index (χ3v) is 3.62. The van der Waals surface area contributed by atoms with Gasteiger partial charge in [-0.2, -0.15) is 0 Å². The predicted octanol–water partition coefficient (Wildman–Crippen LogP) is 3.24. The lowest BCUT2D eigenvalue weighted by Gasteiger charge is -2.17. The minimum atomic E-state index is -3.66. The van der Waals surface area contributed by atoms with Crippen molar-refractivity contribution in [2.45, 2.75) is 27.7 Å². The van der Waals surface area contributed by atoms with Crippen molar-refractivity contribution in [3.63, 3.8) is 0 Å². The Morgan fingerprint density at radius 3 is 1.94 bits per heavy atom. The summed E-state index contributed by atoms with van der Waals surface area (Å²) in [7, 11) is -3.66. The topological polar surface area (TPSA) is 61.8 Å². The van der Waals surface area contributed by atoms with Gasteiger partial charge in [-0.3, -0.25) is 13.8 Å². The molecule has 0 aliphatic rings. The highest BCUT2D eigenvalue weighted by atomic mass is 35.5. The maximum absolute atomic E-state index is 11.9. The Balaban J connectivity index is 4.83. The molecule has 0 aromatic carbocycles. The Hall–Kier alpha value is -0.350. The van der Waals surface area contributed by atoms with Crippen LogP contribution in [0.4, 0.5) is 0 Å². The van der Waals surface area contributed by atoms with E-state index in [9.17, 15) is 9.36 Å². The minimum absolute atomic E-state index is 0.0272. The minimum Gasteiger partial charge on any atom is -0.407 e. The predicted molar refractivity (Wildman–Crippen MR) is 61.2 cm³/mol. The van der Waals surface area contributed by atoms with Crippen LogP contribution in [0.5, 0.6) is 0 Å². The van der Waals surface area contributed by atoms with Crippen molar-refractivity contribution >= 4 is 25.2 Å². The van der Waals surface area contributed by atoms with Crippen molar-refractivity contribution in [1.29, 1.82) is 0 Å². The van der Waals surface area contributed by atoms with Gasteiger partial charge in [0.2, 0.25) is 0 Å². The molecular formula is C9H16ClO5P. The molecule has 0 saturated carbocycles. The maximum Gasteiger partial charge on any atom is 0.529 e. The van der Waals surface area contributed by atoms with Crippen LogP contribution in [-0.2, 0) is 22.9 Å². The first-order valence-corrected chi connectivity index (χ1v) is 6.66. The number of halogens is 1. The third-order valence-electron chi connectivity index (χ3n) is 1.44. The van der Waals surface area contributed by atoms with Crippen molar-refractivity contribution in [2.75, 3.05) is 13.2 Å². The van der Waals surface area contributed by atoms with Gasteiger partial charge in [-0.05, 0) is 20.8 Å². The molecule has 0 aromatic rings. The molecule has 5 nitrogen and oxygen atoms in total. The maximum atomic E-state index is 11.9. The van der Waals surface area contributed by atoms with E-state index in [1.165, 1.54) is 13.8 Å². The standard InChI is InChI=1S/C9H16ClO5P/c1-5-13-16(12,14-6-2)15-8(4)9(10)7(3)11/h5-6H2,1-4H3. The Morgan fingerprint density at radius 1 is 1.19 bits per heavy atom. The van der Waals surface area contributed by atoms with E-state index in [0.717, 1.165) is 0 Å². The van der Waals surface area contributed by atoms with Crippen LogP contribution in [0.25, 0.3) is 0 Å². The summed E-state index contributed by atoms with van der Waals surface area (Å²) in [5.41, 5.74) is 0. The van der Waals surface area contributed by atoms with Gasteiger partial charge in [0.05, 0.1) is 13.2 Å². The smallest absolute Gasteiger partial charge is 0.407 e.